The van der Waals surface area contributed by atoms with Gasteiger partial charge in [0.1, 0.15) is 0 Å². The molecule has 0 nitrogen and oxygen atoms in total. The lowest BCUT2D eigenvalue weighted by atomic mass is 10.0. The maximum absolute atomic E-state index is 6.36. The third kappa shape index (κ3) is 4.85. The summed E-state index contributed by atoms with van der Waals surface area (Å²) in [6, 6.07) is 0. The van der Waals surface area contributed by atoms with Crippen molar-refractivity contribution in [2.24, 2.45) is 0 Å². The second-order valence-electron chi connectivity index (χ2n) is 3.05. The van der Waals surface area contributed by atoms with E-state index in [0.717, 1.165) is 11.1 Å². The molecule has 0 rings (SSSR count). The zero-order valence-electron chi connectivity index (χ0n) is 9.70. The summed E-state index contributed by atoms with van der Waals surface area (Å²) in [5, 5.41) is -0.111. The molecular formula is C14H19Cl. The highest BCUT2D eigenvalue weighted by Crippen LogP contribution is 2.21. The Labute approximate surface area is 98.3 Å². The van der Waals surface area contributed by atoms with E-state index in [2.05, 4.69) is 6.58 Å². The first kappa shape index (κ1) is 14.0. The summed E-state index contributed by atoms with van der Waals surface area (Å²) in [4.78, 5) is 0. The van der Waals surface area contributed by atoms with Crippen LogP contribution < -0.4 is 0 Å². The summed E-state index contributed by atoms with van der Waals surface area (Å²) in [7, 11) is 0. The Morgan fingerprint density at radius 2 is 1.60 bits per heavy atom. The molecule has 0 radical (unpaired) electrons. The predicted octanol–water partition coefficient (Wildman–Crippen LogP) is 4.80. The van der Waals surface area contributed by atoms with Gasteiger partial charge in [0, 0.05) is 0 Å². The predicted molar refractivity (Wildman–Crippen MR) is 71.3 cm³/mol. The smallest absolute Gasteiger partial charge is 0.0832 e. The molecule has 0 aromatic heterocycles. The van der Waals surface area contributed by atoms with Crippen LogP contribution in [0.15, 0.2) is 60.3 Å². The lowest BCUT2D eigenvalue weighted by Crippen LogP contribution is -2.03. The summed E-state index contributed by atoms with van der Waals surface area (Å²) >= 11 is 6.36. The van der Waals surface area contributed by atoms with Gasteiger partial charge in [-0.05, 0) is 31.9 Å². The van der Waals surface area contributed by atoms with Gasteiger partial charge in [0.05, 0.1) is 5.38 Å². The van der Waals surface area contributed by atoms with Crippen LogP contribution in [0.5, 0.6) is 0 Å². The van der Waals surface area contributed by atoms with Crippen LogP contribution in [0.25, 0.3) is 0 Å². The second kappa shape index (κ2) is 8.31. The molecule has 0 saturated carbocycles. The van der Waals surface area contributed by atoms with Gasteiger partial charge in [-0.1, -0.05) is 49.1 Å². The number of rotatable bonds is 5. The molecule has 0 aliphatic carbocycles. The van der Waals surface area contributed by atoms with Crippen molar-refractivity contribution in [1.29, 1.82) is 0 Å². The van der Waals surface area contributed by atoms with Crippen molar-refractivity contribution in [3.8, 4) is 0 Å². The first-order chi connectivity index (χ1) is 7.21. The highest BCUT2D eigenvalue weighted by molar-refractivity contribution is 6.24. The molecule has 0 bridgehead atoms. The molecule has 0 heterocycles. The average Bonchev–Trinajstić information content (AvgIpc) is 2.24. The Bertz CT molecular complexity index is 303. The van der Waals surface area contributed by atoms with Crippen LogP contribution in [0, 0.1) is 0 Å². The molecule has 0 spiro atoms. The fraction of sp³-hybridized carbons (Fsp3) is 0.286. The van der Waals surface area contributed by atoms with E-state index >= 15 is 0 Å². The maximum atomic E-state index is 6.36. The Hall–Kier alpha value is -1.01. The van der Waals surface area contributed by atoms with Gasteiger partial charge >= 0.3 is 0 Å². The van der Waals surface area contributed by atoms with Crippen LogP contribution in [0.3, 0.4) is 0 Å². The van der Waals surface area contributed by atoms with E-state index in [4.69, 9.17) is 11.6 Å². The van der Waals surface area contributed by atoms with Crippen molar-refractivity contribution < 1.29 is 0 Å². The highest BCUT2D eigenvalue weighted by Gasteiger charge is 2.10. The Balaban J connectivity index is 5.00. The third-order valence-corrected chi connectivity index (χ3v) is 2.45. The van der Waals surface area contributed by atoms with E-state index < -0.39 is 0 Å². The van der Waals surface area contributed by atoms with Crippen LogP contribution in [0.2, 0.25) is 0 Å². The molecule has 0 aromatic rings. The van der Waals surface area contributed by atoms with Crippen molar-refractivity contribution in [2.75, 3.05) is 0 Å². The van der Waals surface area contributed by atoms with Crippen LogP contribution in [-0.4, -0.2) is 5.38 Å². The second-order valence-corrected chi connectivity index (χ2v) is 3.49. The van der Waals surface area contributed by atoms with Crippen molar-refractivity contribution >= 4 is 11.6 Å². The Morgan fingerprint density at radius 1 is 1.07 bits per heavy atom. The van der Waals surface area contributed by atoms with Gasteiger partial charge < -0.3 is 0 Å². The largest absolute Gasteiger partial charge is 0.113 e. The summed E-state index contributed by atoms with van der Waals surface area (Å²) in [6.45, 7) is 9.65. The van der Waals surface area contributed by atoms with Gasteiger partial charge in [0.15, 0.2) is 0 Å². The fourth-order valence-corrected chi connectivity index (χ4v) is 1.61. The van der Waals surface area contributed by atoms with Gasteiger partial charge in [0.2, 0.25) is 0 Å². The van der Waals surface area contributed by atoms with E-state index in [-0.39, 0.29) is 5.38 Å². The number of hydrogen-bond donors (Lipinski definition) is 0. The standard InChI is InChI=1S/C14H19Cl/c1-5-9-12(8-4)14(15)13(10-6-2)11-7-3/h5-11,14H,2H2,1,3-4H3/b9-5-,11-7-,12-8+,13-10+. The van der Waals surface area contributed by atoms with Gasteiger partial charge in [-0.25, -0.2) is 0 Å². The Morgan fingerprint density at radius 3 is 2.00 bits per heavy atom. The zero-order valence-corrected chi connectivity index (χ0v) is 10.5. The number of hydrogen-bond acceptors (Lipinski definition) is 0. The van der Waals surface area contributed by atoms with Crippen molar-refractivity contribution in [3.63, 3.8) is 0 Å². The molecular weight excluding hydrogens is 204 g/mol. The molecule has 0 fully saturated rings. The molecule has 0 N–H and O–H groups in total. The molecule has 1 atom stereocenters. The monoisotopic (exact) mass is 222 g/mol. The maximum Gasteiger partial charge on any atom is 0.0832 e. The lowest BCUT2D eigenvalue weighted by molar-refractivity contribution is 1.20. The van der Waals surface area contributed by atoms with Crippen LogP contribution in [0.4, 0.5) is 0 Å². The molecule has 0 saturated heterocycles. The minimum atomic E-state index is -0.111. The minimum absolute atomic E-state index is 0.111. The molecule has 0 aliphatic rings. The first-order valence-electron chi connectivity index (χ1n) is 5.09. The zero-order chi connectivity index (χ0) is 11.7. The molecule has 0 amide bonds. The van der Waals surface area contributed by atoms with Crippen molar-refractivity contribution in [2.45, 2.75) is 26.1 Å². The van der Waals surface area contributed by atoms with E-state index in [1.54, 1.807) is 6.08 Å². The molecule has 82 valence electrons. The molecule has 0 aliphatic heterocycles. The average molecular weight is 223 g/mol. The van der Waals surface area contributed by atoms with Gasteiger partial charge in [0.25, 0.3) is 0 Å². The van der Waals surface area contributed by atoms with Crippen molar-refractivity contribution in [3.05, 3.63) is 60.3 Å². The molecule has 0 aromatic carbocycles. The summed E-state index contributed by atoms with van der Waals surface area (Å²) in [6.07, 6.45) is 13.7. The number of allylic oxidation sites excluding steroid dienone is 9. The topological polar surface area (TPSA) is 0 Å². The number of halogens is 1. The van der Waals surface area contributed by atoms with Crippen LogP contribution in [-0.2, 0) is 0 Å². The number of alkyl halides is 1. The fourth-order valence-electron chi connectivity index (χ4n) is 1.26. The highest BCUT2D eigenvalue weighted by atomic mass is 35.5. The summed E-state index contributed by atoms with van der Waals surface area (Å²) < 4.78 is 0. The van der Waals surface area contributed by atoms with E-state index in [1.807, 2.05) is 57.2 Å². The third-order valence-electron chi connectivity index (χ3n) is 1.95. The summed E-state index contributed by atoms with van der Waals surface area (Å²) in [5.41, 5.74) is 2.16. The lowest BCUT2D eigenvalue weighted by Gasteiger charge is -2.11. The minimum Gasteiger partial charge on any atom is -0.113 e. The normalized spacial score (nSPS) is 16.3. The molecule has 1 unspecified atom stereocenters. The van der Waals surface area contributed by atoms with Gasteiger partial charge in [-0.15, -0.1) is 11.6 Å². The SMILES string of the molecule is C=C/C=C(\C=C/C)C(Cl)C(/C=C\C)=C/C. The molecule has 15 heavy (non-hydrogen) atoms. The molecule has 1 heteroatoms. The van der Waals surface area contributed by atoms with E-state index in [1.165, 1.54) is 0 Å². The van der Waals surface area contributed by atoms with Crippen LogP contribution >= 0.6 is 11.6 Å². The van der Waals surface area contributed by atoms with Crippen LogP contribution in [0.1, 0.15) is 20.8 Å². The first-order valence-corrected chi connectivity index (χ1v) is 5.53. The van der Waals surface area contributed by atoms with Gasteiger partial charge in [-0.2, -0.15) is 0 Å². The Kier molecular flexibility index (Phi) is 7.75. The van der Waals surface area contributed by atoms with Crippen molar-refractivity contribution in [1.82, 2.24) is 0 Å². The van der Waals surface area contributed by atoms with E-state index in [9.17, 15) is 0 Å². The van der Waals surface area contributed by atoms with Gasteiger partial charge in [-0.3, -0.25) is 0 Å². The summed E-state index contributed by atoms with van der Waals surface area (Å²) in [5.74, 6) is 0. The quantitative estimate of drug-likeness (QED) is 0.463. The van der Waals surface area contributed by atoms with E-state index in [0.29, 0.717) is 0 Å².